The zero-order chi connectivity index (χ0) is 9.84. The van der Waals surface area contributed by atoms with E-state index in [0.717, 1.165) is 0 Å². The molecule has 0 aromatic carbocycles. The molecular formula is C9H15NO3. The van der Waals surface area contributed by atoms with Gasteiger partial charge in [0.1, 0.15) is 0 Å². The Balaban J connectivity index is 2.37. The molecule has 2 atom stereocenters. The number of β-amino-alcohol motifs (C(OH)–C–C–N with tert-alkyl or cyclic N) is 2. The van der Waals surface area contributed by atoms with Gasteiger partial charge >= 0.3 is 0 Å². The highest BCUT2D eigenvalue weighted by Gasteiger charge is 2.31. The molecule has 0 aromatic heterocycles. The van der Waals surface area contributed by atoms with E-state index in [1.807, 2.05) is 0 Å². The van der Waals surface area contributed by atoms with Crippen LogP contribution in [0.3, 0.4) is 0 Å². The third-order valence-corrected chi connectivity index (χ3v) is 2.17. The molecule has 4 heteroatoms. The van der Waals surface area contributed by atoms with Gasteiger partial charge in [-0.3, -0.25) is 4.79 Å². The number of hydrogen-bond donors (Lipinski definition) is 2. The lowest BCUT2D eigenvalue weighted by Crippen LogP contribution is -2.29. The van der Waals surface area contributed by atoms with Crippen LogP contribution in [0.1, 0.15) is 12.8 Å². The van der Waals surface area contributed by atoms with Crippen LogP contribution in [0.25, 0.3) is 0 Å². The van der Waals surface area contributed by atoms with Crippen molar-refractivity contribution in [2.24, 2.45) is 0 Å². The minimum atomic E-state index is -0.785. The number of hydrogen-bond acceptors (Lipinski definition) is 3. The van der Waals surface area contributed by atoms with E-state index >= 15 is 0 Å². The van der Waals surface area contributed by atoms with Crippen LogP contribution in [0.15, 0.2) is 12.7 Å². The molecule has 13 heavy (non-hydrogen) atoms. The largest absolute Gasteiger partial charge is 0.388 e. The van der Waals surface area contributed by atoms with Crippen LogP contribution >= 0.6 is 0 Å². The molecule has 0 bridgehead atoms. The van der Waals surface area contributed by atoms with E-state index < -0.39 is 12.2 Å². The zero-order valence-corrected chi connectivity index (χ0v) is 7.52. The van der Waals surface area contributed by atoms with Crippen molar-refractivity contribution in [2.45, 2.75) is 25.0 Å². The third kappa shape index (κ3) is 2.54. The fourth-order valence-electron chi connectivity index (χ4n) is 1.36. The monoisotopic (exact) mass is 185 g/mol. The van der Waals surface area contributed by atoms with Gasteiger partial charge in [0.15, 0.2) is 0 Å². The predicted molar refractivity (Wildman–Crippen MR) is 48.0 cm³/mol. The van der Waals surface area contributed by atoms with Crippen molar-refractivity contribution in [1.82, 2.24) is 4.90 Å². The van der Waals surface area contributed by atoms with Crippen LogP contribution < -0.4 is 0 Å². The molecule has 2 N–H and O–H groups in total. The zero-order valence-electron chi connectivity index (χ0n) is 7.52. The first-order valence-electron chi connectivity index (χ1n) is 4.40. The standard InChI is InChI=1S/C9H15NO3/c1-2-3-4-9(13)10-5-7(11)8(12)6-10/h2,7-8,11-12H,1,3-6H2. The average Bonchev–Trinajstić information content (AvgIpc) is 2.43. The second-order valence-corrected chi connectivity index (χ2v) is 3.26. The van der Waals surface area contributed by atoms with E-state index in [-0.39, 0.29) is 19.0 Å². The van der Waals surface area contributed by atoms with Gasteiger partial charge in [-0.05, 0) is 6.42 Å². The summed E-state index contributed by atoms with van der Waals surface area (Å²) in [5.74, 6) is -0.0319. The summed E-state index contributed by atoms with van der Waals surface area (Å²) in [6.45, 7) is 4.01. The van der Waals surface area contributed by atoms with Gasteiger partial charge in [-0.2, -0.15) is 0 Å². The van der Waals surface area contributed by atoms with E-state index in [0.29, 0.717) is 12.8 Å². The Bertz CT molecular complexity index is 195. The maximum absolute atomic E-state index is 11.4. The number of carbonyl (C=O) groups excluding carboxylic acids is 1. The topological polar surface area (TPSA) is 60.8 Å². The molecule has 1 fully saturated rings. The Morgan fingerprint density at radius 1 is 1.46 bits per heavy atom. The molecule has 0 radical (unpaired) electrons. The van der Waals surface area contributed by atoms with Crippen molar-refractivity contribution >= 4 is 5.91 Å². The quantitative estimate of drug-likeness (QED) is 0.584. The number of carbonyl (C=O) groups is 1. The van der Waals surface area contributed by atoms with Gasteiger partial charge in [0.05, 0.1) is 12.2 Å². The minimum absolute atomic E-state index is 0.0319. The first-order valence-corrected chi connectivity index (χ1v) is 4.40. The molecule has 1 amide bonds. The highest BCUT2D eigenvalue weighted by atomic mass is 16.3. The van der Waals surface area contributed by atoms with Crippen LogP contribution in [-0.2, 0) is 4.79 Å². The van der Waals surface area contributed by atoms with Crippen LogP contribution in [-0.4, -0.2) is 46.3 Å². The van der Waals surface area contributed by atoms with E-state index in [2.05, 4.69) is 6.58 Å². The SMILES string of the molecule is C=CCCC(=O)N1CC(O)C(O)C1. The summed E-state index contributed by atoms with van der Waals surface area (Å²) in [7, 11) is 0. The molecule has 0 saturated carbocycles. The van der Waals surface area contributed by atoms with Crippen molar-refractivity contribution in [3.63, 3.8) is 0 Å². The van der Waals surface area contributed by atoms with Crippen molar-refractivity contribution in [1.29, 1.82) is 0 Å². The maximum atomic E-state index is 11.4. The highest BCUT2D eigenvalue weighted by Crippen LogP contribution is 2.11. The lowest BCUT2D eigenvalue weighted by molar-refractivity contribution is -0.130. The second-order valence-electron chi connectivity index (χ2n) is 3.26. The Kier molecular flexibility index (Phi) is 3.45. The maximum Gasteiger partial charge on any atom is 0.223 e. The second kappa shape index (κ2) is 4.39. The predicted octanol–water partition coefficient (Wildman–Crippen LogP) is -0.483. The molecule has 4 nitrogen and oxygen atoms in total. The number of rotatable bonds is 3. The van der Waals surface area contributed by atoms with Gasteiger partial charge in [0, 0.05) is 19.5 Å². The minimum Gasteiger partial charge on any atom is -0.388 e. The summed E-state index contributed by atoms with van der Waals surface area (Å²) in [5.41, 5.74) is 0. The molecule has 74 valence electrons. The van der Waals surface area contributed by atoms with Gasteiger partial charge in [-0.25, -0.2) is 0 Å². The van der Waals surface area contributed by atoms with E-state index in [4.69, 9.17) is 0 Å². The van der Waals surface area contributed by atoms with Crippen molar-refractivity contribution in [2.75, 3.05) is 13.1 Å². The Morgan fingerprint density at radius 3 is 2.46 bits per heavy atom. The molecular weight excluding hydrogens is 170 g/mol. The molecule has 1 rings (SSSR count). The third-order valence-electron chi connectivity index (χ3n) is 2.17. The summed E-state index contributed by atoms with van der Waals surface area (Å²) >= 11 is 0. The van der Waals surface area contributed by atoms with E-state index in [9.17, 15) is 15.0 Å². The smallest absolute Gasteiger partial charge is 0.223 e. The molecule has 1 heterocycles. The van der Waals surface area contributed by atoms with Crippen molar-refractivity contribution in [3.8, 4) is 0 Å². The Morgan fingerprint density at radius 2 is 2.00 bits per heavy atom. The number of aliphatic hydroxyl groups excluding tert-OH is 2. The normalized spacial score (nSPS) is 27.7. The van der Waals surface area contributed by atoms with Gasteiger partial charge in [0.2, 0.25) is 5.91 Å². The number of amides is 1. The summed E-state index contributed by atoms with van der Waals surface area (Å²) in [6, 6.07) is 0. The van der Waals surface area contributed by atoms with Crippen molar-refractivity contribution < 1.29 is 15.0 Å². The molecule has 0 spiro atoms. The van der Waals surface area contributed by atoms with E-state index in [1.54, 1.807) is 6.08 Å². The van der Waals surface area contributed by atoms with Crippen LogP contribution in [0, 0.1) is 0 Å². The Labute approximate surface area is 77.5 Å². The number of likely N-dealkylation sites (tertiary alicyclic amines) is 1. The molecule has 1 aliphatic heterocycles. The summed E-state index contributed by atoms with van der Waals surface area (Å²) < 4.78 is 0. The van der Waals surface area contributed by atoms with Gasteiger partial charge in [-0.1, -0.05) is 6.08 Å². The van der Waals surface area contributed by atoms with Crippen LogP contribution in [0.4, 0.5) is 0 Å². The van der Waals surface area contributed by atoms with Crippen LogP contribution in [0.5, 0.6) is 0 Å². The first-order chi connectivity index (χ1) is 6.15. The molecule has 1 saturated heterocycles. The molecule has 0 aliphatic carbocycles. The van der Waals surface area contributed by atoms with E-state index in [1.165, 1.54) is 4.90 Å². The lowest BCUT2D eigenvalue weighted by Gasteiger charge is -2.14. The first kappa shape index (κ1) is 10.2. The number of allylic oxidation sites excluding steroid dienone is 1. The highest BCUT2D eigenvalue weighted by molar-refractivity contribution is 5.76. The molecule has 1 aliphatic rings. The van der Waals surface area contributed by atoms with Gasteiger partial charge < -0.3 is 15.1 Å². The number of aliphatic hydroxyl groups is 2. The fraction of sp³-hybridized carbons (Fsp3) is 0.667. The Hall–Kier alpha value is -0.870. The summed E-state index contributed by atoms with van der Waals surface area (Å²) in [4.78, 5) is 12.8. The summed E-state index contributed by atoms with van der Waals surface area (Å²) in [6.07, 6.45) is 1.16. The molecule has 0 aromatic rings. The number of nitrogens with zero attached hydrogens (tertiary/aromatic N) is 1. The van der Waals surface area contributed by atoms with Gasteiger partial charge in [0.25, 0.3) is 0 Å². The fourth-order valence-corrected chi connectivity index (χ4v) is 1.36. The average molecular weight is 185 g/mol. The summed E-state index contributed by atoms with van der Waals surface area (Å²) in [5, 5.41) is 18.4. The molecule has 2 unspecified atom stereocenters. The lowest BCUT2D eigenvalue weighted by atomic mass is 10.3. The van der Waals surface area contributed by atoms with Crippen molar-refractivity contribution in [3.05, 3.63) is 12.7 Å². The van der Waals surface area contributed by atoms with Gasteiger partial charge in [-0.15, -0.1) is 6.58 Å². The van der Waals surface area contributed by atoms with Crippen LogP contribution in [0.2, 0.25) is 0 Å².